The van der Waals surface area contributed by atoms with Gasteiger partial charge in [-0.25, -0.2) is 15.0 Å². The lowest BCUT2D eigenvalue weighted by atomic mass is 10.0. The fourth-order valence-electron chi connectivity index (χ4n) is 4.58. The minimum atomic E-state index is 0.722. The fourth-order valence-corrected chi connectivity index (χ4v) is 5.56. The van der Waals surface area contributed by atoms with Crippen molar-refractivity contribution in [2.24, 2.45) is 0 Å². The topological polar surface area (TPSA) is 38.7 Å². The predicted octanol–water partition coefficient (Wildman–Crippen LogP) is 8.39. The standard InChI is InChI=1S/C31H19N3S/c1-3-9-21(10-4-1)28-24-13-7-8-14-26(24)32-30(33-28)23-16-15-20-17-18-27-29(25(20)19-23)34-31(35-27)22-11-5-2-6-12-22/h1-19H. The second-order valence-electron chi connectivity index (χ2n) is 8.51. The van der Waals surface area contributed by atoms with Crippen molar-refractivity contribution in [3.63, 3.8) is 0 Å². The summed E-state index contributed by atoms with van der Waals surface area (Å²) in [6.07, 6.45) is 0. The summed E-state index contributed by atoms with van der Waals surface area (Å²) in [5.74, 6) is 0.722. The molecule has 7 aromatic rings. The van der Waals surface area contributed by atoms with E-state index >= 15 is 0 Å². The van der Waals surface area contributed by atoms with E-state index in [9.17, 15) is 0 Å². The number of aromatic nitrogens is 3. The molecule has 3 nitrogen and oxygen atoms in total. The van der Waals surface area contributed by atoms with E-state index in [1.807, 2.05) is 36.4 Å². The number of benzene rings is 5. The molecule has 0 spiro atoms. The first-order valence-electron chi connectivity index (χ1n) is 11.5. The lowest BCUT2D eigenvalue weighted by Crippen LogP contribution is -1.95. The van der Waals surface area contributed by atoms with E-state index in [2.05, 4.69) is 78.9 Å². The van der Waals surface area contributed by atoms with Crippen LogP contribution in [-0.4, -0.2) is 15.0 Å². The Hall–Kier alpha value is -4.41. The highest BCUT2D eigenvalue weighted by Gasteiger charge is 2.14. The normalized spacial score (nSPS) is 11.4. The third-order valence-electron chi connectivity index (χ3n) is 6.31. The average Bonchev–Trinajstić information content (AvgIpc) is 3.38. The molecule has 35 heavy (non-hydrogen) atoms. The van der Waals surface area contributed by atoms with Crippen LogP contribution in [0.4, 0.5) is 0 Å². The van der Waals surface area contributed by atoms with E-state index in [4.69, 9.17) is 15.0 Å². The van der Waals surface area contributed by atoms with Crippen LogP contribution in [0.2, 0.25) is 0 Å². The molecular weight excluding hydrogens is 446 g/mol. The van der Waals surface area contributed by atoms with Crippen LogP contribution in [0, 0.1) is 0 Å². The van der Waals surface area contributed by atoms with E-state index in [0.717, 1.165) is 60.4 Å². The average molecular weight is 466 g/mol. The van der Waals surface area contributed by atoms with Gasteiger partial charge >= 0.3 is 0 Å². The van der Waals surface area contributed by atoms with Crippen LogP contribution in [0.3, 0.4) is 0 Å². The van der Waals surface area contributed by atoms with Gasteiger partial charge in [-0.3, -0.25) is 0 Å². The summed E-state index contributed by atoms with van der Waals surface area (Å²) >= 11 is 1.73. The van der Waals surface area contributed by atoms with Crippen molar-refractivity contribution in [2.75, 3.05) is 0 Å². The molecule has 0 saturated heterocycles. The third kappa shape index (κ3) is 3.47. The van der Waals surface area contributed by atoms with Gasteiger partial charge in [-0.15, -0.1) is 11.3 Å². The zero-order valence-corrected chi connectivity index (χ0v) is 19.5. The first-order valence-corrected chi connectivity index (χ1v) is 12.4. The molecule has 7 rings (SSSR count). The number of fused-ring (bicyclic) bond motifs is 4. The van der Waals surface area contributed by atoms with Crippen LogP contribution in [0.1, 0.15) is 0 Å². The number of hydrogen-bond acceptors (Lipinski definition) is 4. The van der Waals surface area contributed by atoms with Crippen molar-refractivity contribution < 1.29 is 0 Å². The summed E-state index contributed by atoms with van der Waals surface area (Å²) in [7, 11) is 0. The number of para-hydroxylation sites is 1. The third-order valence-corrected chi connectivity index (χ3v) is 7.38. The minimum absolute atomic E-state index is 0.722. The molecule has 0 fully saturated rings. The summed E-state index contributed by atoms with van der Waals surface area (Å²) in [6, 6.07) is 39.7. The molecule has 0 aliphatic heterocycles. The zero-order chi connectivity index (χ0) is 23.2. The Bertz CT molecular complexity index is 1840. The van der Waals surface area contributed by atoms with Crippen molar-refractivity contribution in [1.82, 2.24) is 15.0 Å². The Morgan fingerprint density at radius 2 is 1.23 bits per heavy atom. The highest BCUT2D eigenvalue weighted by atomic mass is 32.1. The highest BCUT2D eigenvalue weighted by molar-refractivity contribution is 7.21. The van der Waals surface area contributed by atoms with Crippen LogP contribution in [0.25, 0.3) is 65.1 Å². The molecule has 0 aliphatic rings. The summed E-state index contributed by atoms with van der Waals surface area (Å²) < 4.78 is 1.18. The number of thiazole rings is 1. The van der Waals surface area contributed by atoms with Crippen molar-refractivity contribution in [3.8, 4) is 33.2 Å². The maximum atomic E-state index is 5.05. The Morgan fingerprint density at radius 1 is 0.514 bits per heavy atom. The van der Waals surface area contributed by atoms with E-state index in [-0.39, 0.29) is 0 Å². The lowest BCUT2D eigenvalue weighted by molar-refractivity contribution is 1.23. The quantitative estimate of drug-likeness (QED) is 0.263. The zero-order valence-electron chi connectivity index (χ0n) is 18.7. The second-order valence-corrected chi connectivity index (χ2v) is 9.54. The molecule has 0 saturated carbocycles. The largest absolute Gasteiger partial charge is 0.235 e. The van der Waals surface area contributed by atoms with Crippen LogP contribution in [0.5, 0.6) is 0 Å². The molecule has 0 atom stereocenters. The molecule has 5 aromatic carbocycles. The summed E-state index contributed by atoms with van der Waals surface area (Å²) in [5, 5.41) is 4.37. The van der Waals surface area contributed by atoms with Gasteiger partial charge in [0, 0.05) is 27.5 Å². The van der Waals surface area contributed by atoms with Crippen LogP contribution >= 0.6 is 11.3 Å². The molecule has 0 aliphatic carbocycles. The van der Waals surface area contributed by atoms with Gasteiger partial charge in [0.05, 0.1) is 21.4 Å². The molecule has 0 unspecified atom stereocenters. The molecule has 0 N–H and O–H groups in total. The van der Waals surface area contributed by atoms with E-state index < -0.39 is 0 Å². The smallest absolute Gasteiger partial charge is 0.160 e. The second kappa shape index (κ2) is 8.12. The maximum absolute atomic E-state index is 5.05. The Labute approximate surface area is 206 Å². The molecular formula is C31H19N3S. The monoisotopic (exact) mass is 465 g/mol. The van der Waals surface area contributed by atoms with Gasteiger partial charge in [-0.1, -0.05) is 97.1 Å². The van der Waals surface area contributed by atoms with Crippen molar-refractivity contribution in [2.45, 2.75) is 0 Å². The molecule has 0 radical (unpaired) electrons. The first kappa shape index (κ1) is 20.0. The van der Waals surface area contributed by atoms with Crippen LogP contribution < -0.4 is 0 Å². The first-order chi connectivity index (χ1) is 17.3. The van der Waals surface area contributed by atoms with Crippen molar-refractivity contribution >= 4 is 43.2 Å². The summed E-state index contributed by atoms with van der Waals surface area (Å²) in [6.45, 7) is 0. The predicted molar refractivity (Wildman–Crippen MR) is 147 cm³/mol. The molecule has 4 heteroatoms. The van der Waals surface area contributed by atoms with Gasteiger partial charge in [0.1, 0.15) is 5.01 Å². The number of nitrogens with zero attached hydrogens (tertiary/aromatic N) is 3. The lowest BCUT2D eigenvalue weighted by Gasteiger charge is -2.10. The molecule has 2 aromatic heterocycles. The fraction of sp³-hybridized carbons (Fsp3) is 0. The Balaban J connectivity index is 1.44. The Kier molecular flexibility index (Phi) is 4.64. The van der Waals surface area contributed by atoms with Gasteiger partial charge in [-0.2, -0.15) is 0 Å². The number of hydrogen-bond donors (Lipinski definition) is 0. The Morgan fingerprint density at radius 3 is 2.06 bits per heavy atom. The van der Waals surface area contributed by atoms with Crippen molar-refractivity contribution in [3.05, 3.63) is 115 Å². The summed E-state index contributed by atoms with van der Waals surface area (Å²) in [4.78, 5) is 15.0. The van der Waals surface area contributed by atoms with Crippen LogP contribution in [-0.2, 0) is 0 Å². The summed E-state index contributed by atoms with van der Waals surface area (Å²) in [5.41, 5.74) is 6.13. The van der Waals surface area contributed by atoms with Gasteiger partial charge in [0.15, 0.2) is 5.82 Å². The SMILES string of the molecule is c1ccc(-c2nc3c(ccc4ccc(-c5nc(-c6ccccc6)c6ccccc6n5)cc43)s2)cc1. The number of rotatable bonds is 3. The minimum Gasteiger partial charge on any atom is -0.235 e. The highest BCUT2D eigenvalue weighted by Crippen LogP contribution is 2.36. The molecule has 0 bridgehead atoms. The van der Waals surface area contributed by atoms with Crippen LogP contribution in [0.15, 0.2) is 115 Å². The van der Waals surface area contributed by atoms with Gasteiger partial charge in [0.2, 0.25) is 0 Å². The van der Waals surface area contributed by atoms with Crippen molar-refractivity contribution in [1.29, 1.82) is 0 Å². The molecule has 164 valence electrons. The van der Waals surface area contributed by atoms with E-state index in [0.29, 0.717) is 0 Å². The molecule has 0 amide bonds. The van der Waals surface area contributed by atoms with Gasteiger partial charge < -0.3 is 0 Å². The van der Waals surface area contributed by atoms with Gasteiger partial charge in [0.25, 0.3) is 0 Å². The van der Waals surface area contributed by atoms with E-state index in [1.54, 1.807) is 11.3 Å². The van der Waals surface area contributed by atoms with Gasteiger partial charge in [-0.05, 0) is 23.6 Å². The van der Waals surface area contributed by atoms with E-state index in [1.165, 1.54) is 4.70 Å². The maximum Gasteiger partial charge on any atom is 0.160 e. The molecule has 2 heterocycles.